The Kier molecular flexibility index (Phi) is 7.47. The van der Waals surface area contributed by atoms with Crippen LogP contribution in [0.15, 0.2) is 36.4 Å². The van der Waals surface area contributed by atoms with Gasteiger partial charge in [0.25, 0.3) is 11.8 Å². The van der Waals surface area contributed by atoms with Gasteiger partial charge in [-0.05, 0) is 30.3 Å². The number of carbonyl (C=O) groups excluding carboxylic acids is 3. The van der Waals surface area contributed by atoms with E-state index in [0.717, 1.165) is 0 Å². The van der Waals surface area contributed by atoms with Crippen LogP contribution in [-0.4, -0.2) is 60.2 Å². The van der Waals surface area contributed by atoms with E-state index in [1.165, 1.54) is 12.1 Å². The molecular weight excluding hydrogens is 472 g/mol. The number of piperazine rings is 1. The maximum Gasteiger partial charge on any atom is 0.255 e. The first kappa shape index (κ1) is 22.7. The molecule has 2 aromatic rings. The van der Waals surface area contributed by atoms with E-state index in [4.69, 9.17) is 46.4 Å². The molecule has 1 N–H and O–H groups in total. The maximum absolute atomic E-state index is 12.7. The minimum atomic E-state index is -0.463. The van der Waals surface area contributed by atoms with E-state index in [1.807, 2.05) is 0 Å². The summed E-state index contributed by atoms with van der Waals surface area (Å²) >= 11 is 23.9. The number of carbonyl (C=O) groups is 3. The van der Waals surface area contributed by atoms with Crippen molar-refractivity contribution in [3.8, 4) is 0 Å². The van der Waals surface area contributed by atoms with Gasteiger partial charge in [-0.1, -0.05) is 52.5 Å². The van der Waals surface area contributed by atoms with Crippen LogP contribution >= 0.6 is 46.4 Å². The molecule has 2 aromatic carbocycles. The predicted molar refractivity (Wildman–Crippen MR) is 118 cm³/mol. The summed E-state index contributed by atoms with van der Waals surface area (Å²) in [5.41, 5.74) is 0.568. The SMILES string of the molecule is O=C(NCC(=O)N1CCN(C(=O)c2cccc(Cl)c2Cl)CC1)c1ccc(Cl)cc1Cl. The minimum Gasteiger partial charge on any atom is -0.343 e. The molecule has 0 aromatic heterocycles. The number of hydrogen-bond donors (Lipinski definition) is 1. The molecule has 1 aliphatic rings. The van der Waals surface area contributed by atoms with Crippen molar-refractivity contribution in [3.63, 3.8) is 0 Å². The molecule has 30 heavy (non-hydrogen) atoms. The normalized spacial score (nSPS) is 13.9. The Balaban J connectivity index is 1.52. The fourth-order valence-electron chi connectivity index (χ4n) is 3.03. The largest absolute Gasteiger partial charge is 0.343 e. The van der Waals surface area contributed by atoms with E-state index < -0.39 is 5.91 Å². The van der Waals surface area contributed by atoms with Crippen LogP contribution in [0.1, 0.15) is 20.7 Å². The summed E-state index contributed by atoms with van der Waals surface area (Å²) in [5, 5.41) is 3.71. The number of nitrogens with zero attached hydrogens (tertiary/aromatic N) is 2. The third-order valence-corrected chi connectivity index (χ3v) is 6.04. The van der Waals surface area contributed by atoms with Crippen molar-refractivity contribution in [1.82, 2.24) is 15.1 Å². The Morgan fingerprint density at radius 2 is 1.50 bits per heavy atom. The molecule has 158 valence electrons. The molecule has 0 saturated carbocycles. The highest BCUT2D eigenvalue weighted by Crippen LogP contribution is 2.27. The third kappa shape index (κ3) is 5.19. The van der Waals surface area contributed by atoms with Crippen molar-refractivity contribution in [1.29, 1.82) is 0 Å². The highest BCUT2D eigenvalue weighted by atomic mass is 35.5. The molecule has 1 aliphatic heterocycles. The monoisotopic (exact) mass is 487 g/mol. The topological polar surface area (TPSA) is 69.7 Å². The quantitative estimate of drug-likeness (QED) is 0.706. The summed E-state index contributed by atoms with van der Waals surface area (Å²) in [7, 11) is 0. The van der Waals surface area contributed by atoms with Gasteiger partial charge in [-0.15, -0.1) is 0 Å². The van der Waals surface area contributed by atoms with Crippen LogP contribution in [0.2, 0.25) is 20.1 Å². The van der Waals surface area contributed by atoms with Gasteiger partial charge >= 0.3 is 0 Å². The number of halogens is 4. The van der Waals surface area contributed by atoms with Crippen molar-refractivity contribution < 1.29 is 14.4 Å². The molecule has 3 rings (SSSR count). The fraction of sp³-hybridized carbons (Fsp3) is 0.250. The number of nitrogens with one attached hydrogen (secondary N) is 1. The average Bonchev–Trinajstić information content (AvgIpc) is 2.73. The van der Waals surface area contributed by atoms with Crippen LogP contribution in [0.3, 0.4) is 0 Å². The number of hydrogen-bond acceptors (Lipinski definition) is 3. The van der Waals surface area contributed by atoms with Crippen molar-refractivity contribution in [2.75, 3.05) is 32.7 Å². The molecule has 0 spiro atoms. The fourth-order valence-corrected chi connectivity index (χ4v) is 3.91. The number of rotatable bonds is 4. The summed E-state index contributed by atoms with van der Waals surface area (Å²) in [6.45, 7) is 1.22. The van der Waals surface area contributed by atoms with E-state index in [-0.39, 0.29) is 34.0 Å². The van der Waals surface area contributed by atoms with Gasteiger partial charge in [0.2, 0.25) is 5.91 Å². The van der Waals surface area contributed by atoms with E-state index in [2.05, 4.69) is 5.32 Å². The Morgan fingerprint density at radius 1 is 0.833 bits per heavy atom. The van der Waals surface area contributed by atoms with Crippen LogP contribution in [-0.2, 0) is 4.79 Å². The van der Waals surface area contributed by atoms with E-state index in [0.29, 0.717) is 41.8 Å². The maximum atomic E-state index is 12.7. The molecule has 0 radical (unpaired) electrons. The molecule has 10 heteroatoms. The molecule has 1 fully saturated rings. The van der Waals surface area contributed by atoms with Crippen molar-refractivity contribution in [2.45, 2.75) is 0 Å². The predicted octanol–water partition coefficient (Wildman–Crippen LogP) is 4.01. The minimum absolute atomic E-state index is 0.175. The van der Waals surface area contributed by atoms with Crippen LogP contribution in [0.5, 0.6) is 0 Å². The van der Waals surface area contributed by atoms with Gasteiger partial charge in [0.15, 0.2) is 0 Å². The lowest BCUT2D eigenvalue weighted by Crippen LogP contribution is -2.52. The Labute approximate surface area is 193 Å². The zero-order chi connectivity index (χ0) is 21.8. The highest BCUT2D eigenvalue weighted by molar-refractivity contribution is 6.43. The lowest BCUT2D eigenvalue weighted by Gasteiger charge is -2.35. The molecular formula is C20H17Cl4N3O3. The first-order valence-corrected chi connectivity index (χ1v) is 10.5. The lowest BCUT2D eigenvalue weighted by molar-refractivity contribution is -0.131. The lowest BCUT2D eigenvalue weighted by atomic mass is 10.1. The molecule has 3 amide bonds. The Bertz CT molecular complexity index is 991. The number of amides is 3. The van der Waals surface area contributed by atoms with Crippen LogP contribution < -0.4 is 5.32 Å². The van der Waals surface area contributed by atoms with E-state index >= 15 is 0 Å². The number of benzene rings is 2. The van der Waals surface area contributed by atoms with Gasteiger partial charge in [-0.2, -0.15) is 0 Å². The van der Waals surface area contributed by atoms with Gasteiger partial charge in [0, 0.05) is 31.2 Å². The summed E-state index contributed by atoms with van der Waals surface area (Å²) in [4.78, 5) is 40.6. The summed E-state index contributed by atoms with van der Waals surface area (Å²) in [6, 6.07) is 9.40. The first-order valence-electron chi connectivity index (χ1n) is 9.02. The van der Waals surface area contributed by atoms with Crippen LogP contribution in [0.25, 0.3) is 0 Å². The third-order valence-electron chi connectivity index (χ3n) is 4.68. The smallest absolute Gasteiger partial charge is 0.255 e. The van der Waals surface area contributed by atoms with E-state index in [9.17, 15) is 14.4 Å². The summed E-state index contributed by atoms with van der Waals surface area (Å²) < 4.78 is 0. The molecule has 6 nitrogen and oxygen atoms in total. The zero-order valence-electron chi connectivity index (χ0n) is 15.6. The molecule has 1 heterocycles. The summed E-state index contributed by atoms with van der Waals surface area (Å²) in [6.07, 6.45) is 0. The van der Waals surface area contributed by atoms with Gasteiger partial charge in [-0.3, -0.25) is 14.4 Å². The second kappa shape index (κ2) is 9.88. The second-order valence-corrected chi connectivity index (χ2v) is 8.21. The van der Waals surface area contributed by atoms with Gasteiger partial charge in [-0.25, -0.2) is 0 Å². The Morgan fingerprint density at radius 3 is 2.17 bits per heavy atom. The second-order valence-electron chi connectivity index (χ2n) is 6.58. The molecule has 0 atom stereocenters. The molecule has 1 saturated heterocycles. The average molecular weight is 489 g/mol. The van der Waals surface area contributed by atoms with Crippen LogP contribution in [0, 0.1) is 0 Å². The van der Waals surface area contributed by atoms with Crippen molar-refractivity contribution in [2.24, 2.45) is 0 Å². The van der Waals surface area contributed by atoms with E-state index in [1.54, 1.807) is 34.1 Å². The molecule has 0 unspecified atom stereocenters. The van der Waals surface area contributed by atoms with Crippen molar-refractivity contribution in [3.05, 3.63) is 67.6 Å². The van der Waals surface area contributed by atoms with Gasteiger partial charge in [0.05, 0.1) is 32.7 Å². The van der Waals surface area contributed by atoms with Crippen molar-refractivity contribution >= 4 is 64.1 Å². The zero-order valence-corrected chi connectivity index (χ0v) is 18.7. The van der Waals surface area contributed by atoms with Gasteiger partial charge in [0.1, 0.15) is 0 Å². The Hall–Kier alpha value is -1.99. The molecule has 0 bridgehead atoms. The first-order chi connectivity index (χ1) is 14.3. The van der Waals surface area contributed by atoms with Crippen LogP contribution in [0.4, 0.5) is 0 Å². The van der Waals surface area contributed by atoms with Gasteiger partial charge < -0.3 is 15.1 Å². The molecule has 0 aliphatic carbocycles. The highest BCUT2D eigenvalue weighted by Gasteiger charge is 2.26. The standard InChI is InChI=1S/C20H17Cl4N3O3/c21-12-4-5-13(16(23)10-12)19(29)25-11-17(28)26-6-8-27(9-7-26)20(30)14-2-1-3-15(22)18(14)24/h1-5,10H,6-9,11H2,(H,25,29). The summed E-state index contributed by atoms with van der Waals surface area (Å²) in [5.74, 6) is -0.948.